The Morgan fingerprint density at radius 2 is 1.47 bits per heavy atom. The van der Waals surface area contributed by atoms with Gasteiger partial charge in [-0.2, -0.15) is 9.61 Å². The van der Waals surface area contributed by atoms with E-state index in [1.165, 1.54) is 6.26 Å². The predicted octanol–water partition coefficient (Wildman–Crippen LogP) is 7.37. The number of para-hydroxylation sites is 1. The summed E-state index contributed by atoms with van der Waals surface area (Å²) in [6.07, 6.45) is 5.44. The van der Waals surface area contributed by atoms with E-state index < -0.39 is 26.0 Å². The van der Waals surface area contributed by atoms with Crippen LogP contribution in [-0.4, -0.2) is 77.1 Å². The van der Waals surface area contributed by atoms with Gasteiger partial charge in [0.05, 0.1) is 22.3 Å². The Labute approximate surface area is 280 Å². The van der Waals surface area contributed by atoms with Crippen LogP contribution in [0.5, 0.6) is 0 Å². The first kappa shape index (κ1) is 34.9. The van der Waals surface area contributed by atoms with Gasteiger partial charge >= 0.3 is 0 Å². The molecule has 0 fully saturated rings. The first-order chi connectivity index (χ1) is 22.2. The molecule has 9 nitrogen and oxygen atoms in total. The minimum absolute atomic E-state index is 0.296. The summed E-state index contributed by atoms with van der Waals surface area (Å²) in [6, 6.07) is 21.4. The molecule has 0 N–H and O–H groups in total. The molecular formula is C35H47N5O4SSi2. The molecule has 0 bridgehead atoms. The van der Waals surface area contributed by atoms with Crippen LogP contribution in [0, 0.1) is 0 Å². The molecule has 0 unspecified atom stereocenters. The molecule has 5 aromatic rings. The molecule has 47 heavy (non-hydrogen) atoms. The van der Waals surface area contributed by atoms with Crippen molar-refractivity contribution >= 4 is 48.4 Å². The Bertz CT molecular complexity index is 1910. The van der Waals surface area contributed by atoms with Crippen LogP contribution < -0.4 is 4.90 Å². The fourth-order valence-electron chi connectivity index (χ4n) is 5.07. The summed E-state index contributed by atoms with van der Waals surface area (Å²) < 4.78 is 38.6. The minimum atomic E-state index is -3.29. The quantitative estimate of drug-likeness (QED) is 0.0639. The maximum Gasteiger partial charge on any atom is 0.175 e. The maximum absolute atomic E-state index is 12.1. The first-order valence-corrected chi connectivity index (χ1v) is 25.4. The normalized spacial score (nSPS) is 12.7. The zero-order valence-corrected chi connectivity index (χ0v) is 31.5. The molecule has 0 saturated carbocycles. The van der Waals surface area contributed by atoms with Crippen LogP contribution in [0.3, 0.4) is 0 Å². The Hall–Kier alpha value is -3.43. The molecule has 0 aliphatic carbocycles. The second-order valence-electron chi connectivity index (χ2n) is 14.6. The second kappa shape index (κ2) is 14.4. The van der Waals surface area contributed by atoms with Crippen LogP contribution in [0.2, 0.25) is 51.4 Å². The number of fused-ring (bicyclic) bond motifs is 2. The number of pyridine rings is 1. The number of hydrogen-bond donors (Lipinski definition) is 0. The summed E-state index contributed by atoms with van der Waals surface area (Å²) in [5.41, 5.74) is 5.21. The summed E-state index contributed by atoms with van der Waals surface area (Å²) >= 11 is 0. The van der Waals surface area contributed by atoms with E-state index in [-0.39, 0.29) is 0 Å². The van der Waals surface area contributed by atoms with E-state index in [4.69, 9.17) is 24.5 Å². The zero-order chi connectivity index (χ0) is 33.8. The maximum atomic E-state index is 12.1. The van der Waals surface area contributed by atoms with Gasteiger partial charge in [-0.15, -0.1) is 0 Å². The van der Waals surface area contributed by atoms with Crippen molar-refractivity contribution < 1.29 is 17.9 Å². The minimum Gasteiger partial charge on any atom is -0.361 e. The molecule has 0 atom stereocenters. The van der Waals surface area contributed by atoms with Gasteiger partial charge in [0.15, 0.2) is 15.5 Å². The molecule has 0 aliphatic heterocycles. The average Bonchev–Trinajstić information content (AvgIpc) is 3.42. The molecule has 3 aromatic heterocycles. The molecule has 5 rings (SSSR count). The number of hydrogen-bond acceptors (Lipinski definition) is 8. The van der Waals surface area contributed by atoms with E-state index in [9.17, 15) is 8.42 Å². The van der Waals surface area contributed by atoms with E-state index in [1.54, 1.807) is 12.1 Å². The van der Waals surface area contributed by atoms with Crippen molar-refractivity contribution in [3.63, 3.8) is 0 Å². The highest BCUT2D eigenvalue weighted by Gasteiger charge is 2.21. The van der Waals surface area contributed by atoms with Crippen molar-refractivity contribution in [2.24, 2.45) is 0 Å². The highest BCUT2D eigenvalue weighted by molar-refractivity contribution is 7.90. The van der Waals surface area contributed by atoms with Crippen molar-refractivity contribution in [2.45, 2.75) is 62.7 Å². The van der Waals surface area contributed by atoms with E-state index >= 15 is 0 Å². The molecule has 0 saturated heterocycles. The standard InChI is InChI=1S/C35H47N5O4SSi2/c1-45(41,42)31-14-12-27(13-15-31)20-30-22-34(39(25-43-16-18-46(2,3)4)26-44-17-19-47(5,6)7)40-35(38-30)32(24-37-40)29-21-28-10-8-9-11-33(28)36-23-29/h8-15,21-24H,16-20,25-26H2,1-7H3. The third kappa shape index (κ3) is 9.57. The van der Waals surface area contributed by atoms with Crippen molar-refractivity contribution in [3.05, 3.63) is 84.3 Å². The third-order valence-corrected chi connectivity index (χ3v) is 12.5. The van der Waals surface area contributed by atoms with Crippen LogP contribution >= 0.6 is 0 Å². The first-order valence-electron chi connectivity index (χ1n) is 16.1. The van der Waals surface area contributed by atoms with Crippen molar-refractivity contribution in [1.29, 1.82) is 0 Å². The van der Waals surface area contributed by atoms with Crippen molar-refractivity contribution in [1.82, 2.24) is 19.6 Å². The molecule has 0 spiro atoms. The molecule has 0 amide bonds. The predicted molar refractivity (Wildman–Crippen MR) is 197 cm³/mol. The number of sulfone groups is 1. The topological polar surface area (TPSA) is 98.9 Å². The third-order valence-electron chi connectivity index (χ3n) is 7.96. The highest BCUT2D eigenvalue weighted by atomic mass is 32.2. The lowest BCUT2D eigenvalue weighted by Gasteiger charge is -2.27. The van der Waals surface area contributed by atoms with Gasteiger partial charge < -0.3 is 14.4 Å². The van der Waals surface area contributed by atoms with E-state index in [2.05, 4.69) is 56.3 Å². The van der Waals surface area contributed by atoms with Gasteiger partial charge in [-0.05, 0) is 41.9 Å². The molecule has 3 heterocycles. The number of anilines is 1. The van der Waals surface area contributed by atoms with Gasteiger partial charge in [0.25, 0.3) is 0 Å². The van der Waals surface area contributed by atoms with Crippen molar-refractivity contribution in [2.75, 3.05) is 37.8 Å². The largest absolute Gasteiger partial charge is 0.361 e. The van der Waals surface area contributed by atoms with E-state index in [1.807, 2.05) is 53.3 Å². The number of rotatable bonds is 15. The van der Waals surface area contributed by atoms with Gasteiger partial charge in [0.2, 0.25) is 0 Å². The van der Waals surface area contributed by atoms with Crippen LogP contribution in [0.1, 0.15) is 11.3 Å². The molecule has 0 radical (unpaired) electrons. The van der Waals surface area contributed by atoms with Gasteiger partial charge in [0, 0.05) is 70.8 Å². The van der Waals surface area contributed by atoms with Crippen molar-refractivity contribution in [3.8, 4) is 11.1 Å². The summed E-state index contributed by atoms with van der Waals surface area (Å²) in [4.78, 5) is 12.2. The molecule has 250 valence electrons. The second-order valence-corrected chi connectivity index (χ2v) is 27.9. The molecule has 12 heteroatoms. The van der Waals surface area contributed by atoms with E-state index in [0.29, 0.717) is 43.6 Å². The summed E-state index contributed by atoms with van der Waals surface area (Å²) in [6.45, 7) is 16.2. The lowest BCUT2D eigenvalue weighted by molar-refractivity contribution is 0.0942. The molecule has 2 aromatic carbocycles. The smallest absolute Gasteiger partial charge is 0.175 e. The lowest BCUT2D eigenvalue weighted by atomic mass is 10.1. The van der Waals surface area contributed by atoms with Gasteiger partial charge in [-0.25, -0.2) is 13.4 Å². The summed E-state index contributed by atoms with van der Waals surface area (Å²) in [7, 11) is -5.82. The number of nitrogens with zero attached hydrogens (tertiary/aromatic N) is 5. The Balaban J connectivity index is 1.56. The fraction of sp³-hybridized carbons (Fsp3) is 0.400. The van der Waals surface area contributed by atoms with Crippen LogP contribution in [-0.2, 0) is 25.7 Å². The van der Waals surface area contributed by atoms with Gasteiger partial charge in [-0.3, -0.25) is 4.98 Å². The summed E-state index contributed by atoms with van der Waals surface area (Å²) in [5.74, 6) is 0.818. The van der Waals surface area contributed by atoms with Gasteiger partial charge in [-0.1, -0.05) is 69.6 Å². The molecular weight excluding hydrogens is 643 g/mol. The molecule has 0 aliphatic rings. The van der Waals surface area contributed by atoms with Crippen LogP contribution in [0.25, 0.3) is 27.7 Å². The SMILES string of the molecule is C[Si](C)(C)CCOCN(COCC[Si](C)(C)C)c1cc(Cc2ccc(S(C)(=O)=O)cc2)nc2c(-c3cnc4ccccc4c3)cnn12. The monoisotopic (exact) mass is 689 g/mol. The number of ether oxygens (including phenoxy) is 2. The van der Waals surface area contributed by atoms with Crippen LogP contribution in [0.4, 0.5) is 5.82 Å². The highest BCUT2D eigenvalue weighted by Crippen LogP contribution is 2.30. The van der Waals surface area contributed by atoms with E-state index in [0.717, 1.165) is 51.2 Å². The Morgan fingerprint density at radius 3 is 2.09 bits per heavy atom. The average molecular weight is 690 g/mol. The fourth-order valence-corrected chi connectivity index (χ4v) is 7.22. The number of benzene rings is 2. The Kier molecular flexibility index (Phi) is 10.7. The van der Waals surface area contributed by atoms with Crippen LogP contribution in [0.15, 0.2) is 78.0 Å². The zero-order valence-electron chi connectivity index (χ0n) is 28.7. The summed E-state index contributed by atoms with van der Waals surface area (Å²) in [5, 5.41) is 5.88. The lowest BCUT2D eigenvalue weighted by Crippen LogP contribution is -2.33. The Morgan fingerprint density at radius 1 is 0.830 bits per heavy atom. The van der Waals surface area contributed by atoms with Gasteiger partial charge in [0.1, 0.15) is 19.3 Å². The number of aromatic nitrogens is 4.